The zero-order chi connectivity index (χ0) is 21.1. The van der Waals surface area contributed by atoms with Gasteiger partial charge in [0.1, 0.15) is 0 Å². The fourth-order valence-corrected chi connectivity index (χ4v) is 3.41. The van der Waals surface area contributed by atoms with Gasteiger partial charge in [0, 0.05) is 33.6 Å². The summed E-state index contributed by atoms with van der Waals surface area (Å²) in [6.07, 6.45) is 0. The molecule has 0 aromatic heterocycles. The highest BCUT2D eigenvalue weighted by molar-refractivity contribution is 6.17. The minimum atomic E-state index is -0.125. The molecule has 30 heavy (non-hydrogen) atoms. The average molecular weight is 392 g/mol. The van der Waals surface area contributed by atoms with Crippen LogP contribution in [0.15, 0.2) is 97.1 Å². The van der Waals surface area contributed by atoms with Crippen molar-refractivity contribution in [2.75, 3.05) is 11.5 Å². The summed E-state index contributed by atoms with van der Waals surface area (Å²) >= 11 is 0. The molecule has 146 valence electrons. The zero-order valence-electron chi connectivity index (χ0n) is 16.2. The van der Waals surface area contributed by atoms with Gasteiger partial charge in [0.15, 0.2) is 11.6 Å². The first kappa shape index (κ1) is 19.2. The summed E-state index contributed by atoms with van der Waals surface area (Å²) in [6, 6.07) is 28.3. The van der Waals surface area contributed by atoms with E-state index in [1.807, 2.05) is 36.4 Å². The fraction of sp³-hybridized carbons (Fsp3) is 0. The number of ketones is 2. The van der Waals surface area contributed by atoms with Crippen molar-refractivity contribution in [2.45, 2.75) is 0 Å². The van der Waals surface area contributed by atoms with E-state index >= 15 is 0 Å². The van der Waals surface area contributed by atoms with E-state index in [4.69, 9.17) is 11.5 Å². The first-order valence-electron chi connectivity index (χ1n) is 9.53. The Bertz CT molecular complexity index is 1130. The summed E-state index contributed by atoms with van der Waals surface area (Å²) in [7, 11) is 0. The summed E-state index contributed by atoms with van der Waals surface area (Å²) in [5.41, 5.74) is 16.2. The predicted octanol–water partition coefficient (Wildman–Crippen LogP) is 4.98. The largest absolute Gasteiger partial charge is 0.399 e. The molecule has 4 rings (SSSR count). The predicted molar refractivity (Wildman–Crippen MR) is 120 cm³/mol. The smallest absolute Gasteiger partial charge is 0.193 e. The third kappa shape index (κ3) is 3.71. The van der Waals surface area contributed by atoms with Gasteiger partial charge in [-0.1, -0.05) is 48.5 Å². The molecule has 4 aromatic carbocycles. The van der Waals surface area contributed by atoms with Crippen molar-refractivity contribution >= 4 is 22.9 Å². The average Bonchev–Trinajstić information content (AvgIpc) is 2.79. The molecule has 0 atom stereocenters. The van der Waals surface area contributed by atoms with Crippen LogP contribution in [0, 0.1) is 0 Å². The minimum Gasteiger partial charge on any atom is -0.399 e. The quantitative estimate of drug-likeness (QED) is 0.370. The molecule has 4 aromatic rings. The highest BCUT2D eigenvalue weighted by Crippen LogP contribution is 2.30. The second-order valence-corrected chi connectivity index (χ2v) is 6.99. The van der Waals surface area contributed by atoms with Gasteiger partial charge in [0.25, 0.3) is 0 Å². The first-order valence-corrected chi connectivity index (χ1v) is 9.53. The number of nitrogens with two attached hydrogens (primary N) is 2. The lowest BCUT2D eigenvalue weighted by atomic mass is 9.89. The third-order valence-electron chi connectivity index (χ3n) is 4.98. The Kier molecular flexibility index (Phi) is 5.14. The molecule has 4 N–H and O–H groups in total. The van der Waals surface area contributed by atoms with Crippen LogP contribution in [0.25, 0.3) is 11.1 Å². The van der Waals surface area contributed by atoms with Crippen LogP contribution < -0.4 is 11.5 Å². The topological polar surface area (TPSA) is 86.2 Å². The number of hydrogen-bond acceptors (Lipinski definition) is 4. The number of carbonyl (C=O) groups is 2. The normalized spacial score (nSPS) is 10.5. The number of benzene rings is 4. The molecular formula is C26H20N2O2. The van der Waals surface area contributed by atoms with Crippen LogP contribution in [0.3, 0.4) is 0 Å². The molecule has 0 saturated carbocycles. The molecule has 0 amide bonds. The van der Waals surface area contributed by atoms with E-state index in [0.717, 1.165) is 0 Å². The third-order valence-corrected chi connectivity index (χ3v) is 4.98. The maximum Gasteiger partial charge on any atom is 0.193 e. The number of carbonyl (C=O) groups excluding carboxylic acids is 2. The maximum absolute atomic E-state index is 13.2. The molecule has 4 nitrogen and oxygen atoms in total. The lowest BCUT2D eigenvalue weighted by Gasteiger charge is -2.13. The van der Waals surface area contributed by atoms with Gasteiger partial charge in [-0.25, -0.2) is 0 Å². The lowest BCUT2D eigenvalue weighted by Crippen LogP contribution is -2.07. The zero-order valence-corrected chi connectivity index (χ0v) is 16.2. The van der Waals surface area contributed by atoms with E-state index in [1.165, 1.54) is 0 Å². The van der Waals surface area contributed by atoms with Crippen LogP contribution >= 0.6 is 0 Å². The molecule has 0 radical (unpaired) electrons. The van der Waals surface area contributed by atoms with Crippen LogP contribution in [-0.2, 0) is 0 Å². The summed E-state index contributed by atoms with van der Waals surface area (Å²) < 4.78 is 0. The molecule has 0 aliphatic rings. The van der Waals surface area contributed by atoms with Crippen molar-refractivity contribution in [3.8, 4) is 11.1 Å². The van der Waals surface area contributed by atoms with Crippen LogP contribution in [0.5, 0.6) is 0 Å². The minimum absolute atomic E-state index is 0.125. The Morgan fingerprint density at radius 2 is 0.800 bits per heavy atom. The molecule has 0 fully saturated rings. The Morgan fingerprint density at radius 3 is 1.17 bits per heavy atom. The van der Waals surface area contributed by atoms with Crippen molar-refractivity contribution in [3.05, 3.63) is 119 Å². The molecule has 0 saturated heterocycles. The molecule has 0 aliphatic carbocycles. The van der Waals surface area contributed by atoms with Gasteiger partial charge in [-0.15, -0.1) is 0 Å². The van der Waals surface area contributed by atoms with Crippen LogP contribution in [0.1, 0.15) is 31.8 Å². The van der Waals surface area contributed by atoms with Gasteiger partial charge in [-0.2, -0.15) is 0 Å². The Balaban J connectivity index is 1.81. The van der Waals surface area contributed by atoms with Crippen LogP contribution in [0.4, 0.5) is 11.4 Å². The molecule has 4 heteroatoms. The van der Waals surface area contributed by atoms with Crippen molar-refractivity contribution in [1.82, 2.24) is 0 Å². The molecule has 0 aliphatic heterocycles. The summed E-state index contributed by atoms with van der Waals surface area (Å²) in [6.45, 7) is 0. The van der Waals surface area contributed by atoms with E-state index in [1.54, 1.807) is 60.7 Å². The van der Waals surface area contributed by atoms with Gasteiger partial charge in [0.2, 0.25) is 0 Å². The standard InChI is InChI=1S/C26H20N2O2/c27-19-13-9-17(10-14-19)25(29)23-7-3-1-5-21(23)22-6-2-4-8-24(22)26(30)18-11-15-20(28)16-12-18/h1-16H,27-28H2. The van der Waals surface area contributed by atoms with Crippen molar-refractivity contribution in [3.63, 3.8) is 0 Å². The lowest BCUT2D eigenvalue weighted by molar-refractivity contribution is 0.103. The van der Waals surface area contributed by atoms with Crippen LogP contribution in [-0.4, -0.2) is 11.6 Å². The van der Waals surface area contributed by atoms with E-state index in [2.05, 4.69) is 0 Å². The molecular weight excluding hydrogens is 372 g/mol. The molecule has 0 bridgehead atoms. The van der Waals surface area contributed by atoms with E-state index in [0.29, 0.717) is 44.8 Å². The fourth-order valence-electron chi connectivity index (χ4n) is 3.41. The molecule has 0 heterocycles. The number of hydrogen-bond donors (Lipinski definition) is 2. The number of nitrogen functional groups attached to an aromatic ring is 2. The maximum atomic E-state index is 13.2. The van der Waals surface area contributed by atoms with Gasteiger partial charge in [-0.3, -0.25) is 9.59 Å². The second-order valence-electron chi connectivity index (χ2n) is 6.99. The number of rotatable bonds is 5. The Hall–Kier alpha value is -4.18. The van der Waals surface area contributed by atoms with Crippen molar-refractivity contribution in [2.24, 2.45) is 0 Å². The monoisotopic (exact) mass is 392 g/mol. The Labute approximate surface area is 174 Å². The molecule has 0 spiro atoms. The van der Waals surface area contributed by atoms with E-state index in [-0.39, 0.29) is 11.6 Å². The van der Waals surface area contributed by atoms with Gasteiger partial charge in [-0.05, 0) is 59.7 Å². The van der Waals surface area contributed by atoms with Gasteiger partial charge >= 0.3 is 0 Å². The van der Waals surface area contributed by atoms with Gasteiger partial charge in [0.05, 0.1) is 0 Å². The van der Waals surface area contributed by atoms with Crippen LogP contribution in [0.2, 0.25) is 0 Å². The SMILES string of the molecule is Nc1ccc(C(=O)c2ccccc2-c2ccccc2C(=O)c2ccc(N)cc2)cc1. The number of anilines is 2. The van der Waals surface area contributed by atoms with Crippen molar-refractivity contribution in [1.29, 1.82) is 0 Å². The highest BCUT2D eigenvalue weighted by atomic mass is 16.1. The summed E-state index contributed by atoms with van der Waals surface area (Å²) in [5.74, 6) is -0.249. The van der Waals surface area contributed by atoms with Crippen molar-refractivity contribution < 1.29 is 9.59 Å². The second kappa shape index (κ2) is 8.05. The highest BCUT2D eigenvalue weighted by Gasteiger charge is 2.19. The van der Waals surface area contributed by atoms with E-state index in [9.17, 15) is 9.59 Å². The van der Waals surface area contributed by atoms with E-state index < -0.39 is 0 Å². The molecule has 0 unspecified atom stereocenters. The van der Waals surface area contributed by atoms with Gasteiger partial charge < -0.3 is 11.5 Å². The Morgan fingerprint density at radius 1 is 0.467 bits per heavy atom. The summed E-state index contributed by atoms with van der Waals surface area (Å²) in [5, 5.41) is 0. The summed E-state index contributed by atoms with van der Waals surface area (Å²) in [4.78, 5) is 26.4. The first-order chi connectivity index (χ1) is 14.5.